The number of imidazole rings is 4. The molecule has 0 aliphatic carbocycles. The predicted molar refractivity (Wildman–Crippen MR) is 540 cm³/mol. The van der Waals surface area contributed by atoms with Crippen LogP contribution in [0, 0.1) is 23.6 Å². The van der Waals surface area contributed by atoms with E-state index in [4.69, 9.17) is 33.9 Å². The fraction of sp³-hybridized carbons (Fsp3) is 0.235. The lowest BCUT2D eigenvalue weighted by atomic mass is 9.92. The summed E-state index contributed by atoms with van der Waals surface area (Å²) in [5, 5.41) is 0. The zero-order chi connectivity index (χ0) is 95.1. The molecule has 4 aliphatic heterocycles. The number of hydrogen-bond acceptors (Lipinski definition) is 14. The molecular weight excluding hydrogens is 1730 g/mol. The van der Waals surface area contributed by atoms with Crippen molar-refractivity contribution in [3.05, 3.63) is 379 Å². The van der Waals surface area contributed by atoms with E-state index in [2.05, 4.69) is 78.4 Å². The molecule has 0 unspecified atom stereocenters. The highest BCUT2D eigenvalue weighted by Gasteiger charge is 2.33. The second-order valence-electron chi connectivity index (χ2n) is 35.2. The van der Waals surface area contributed by atoms with Crippen LogP contribution in [0.4, 0.5) is 4.39 Å². The highest BCUT2D eigenvalue weighted by atomic mass is 19.1. The van der Waals surface area contributed by atoms with Gasteiger partial charge in [0.1, 0.15) is 57.8 Å². The summed E-state index contributed by atoms with van der Waals surface area (Å²) in [5.41, 5.74) is 18.8. The number of ether oxygens (including phenoxy) is 4. The van der Waals surface area contributed by atoms with Gasteiger partial charge in [-0.25, -0.2) is 24.3 Å². The number of nitrogens with zero attached hydrogens (tertiary/aromatic N) is 9. The fourth-order valence-corrected chi connectivity index (χ4v) is 18.7. The first kappa shape index (κ1) is 93.9. The van der Waals surface area contributed by atoms with Crippen LogP contribution in [0.3, 0.4) is 0 Å². The van der Waals surface area contributed by atoms with Crippen molar-refractivity contribution in [2.45, 2.75) is 76.5 Å². The number of piperidine rings is 4. The average Bonchev–Trinajstić information content (AvgIpc) is 1.26. The number of likely N-dealkylation sites (tertiary alicyclic amines) is 4. The van der Waals surface area contributed by atoms with Crippen LogP contribution in [-0.4, -0.2) is 175 Å². The maximum Gasteiger partial charge on any atom is 0.257 e. The number of aldehydes is 1. The number of H-pyrrole nitrogens is 4. The molecule has 0 bridgehead atoms. The van der Waals surface area contributed by atoms with Gasteiger partial charge in [-0.3, -0.25) is 29.0 Å². The zero-order valence-electron chi connectivity index (χ0n) is 78.0. The molecule has 9 heterocycles. The standard InChI is InChI=1S/C27H26FN3O2.C27H27N3O2.C26H25N3O2.C23H25N3O2.C12H9NO/c1-33-25-17-19(20-6-2-3-7-22(20)28)10-11-21(25)27(32)31-14-12-18(13-15-31)16-26-29-23-8-4-5-9-24(23)30-26;1-32-25-18-21(20-7-3-2-4-8-20)11-12-22(25)27(31)30-15-13-19(14-16-30)17-26-28-23-9-5-6-10-24(23)29-26;1-31-24-17-20(18-7-3-2-4-8-18)11-12-21(24)26(30)29-15-13-19(14-16-29)25-27-22-9-5-6-10-23(22)28-25;1-28-21-16-19(18-5-3-2-4-6-18)7-8-20(21)23(27)26-13-9-17(10-14-26)15-22-24-11-12-25-22;14-9-12-7-6-11(8-13-12)10-4-2-1-3-5-10/h2-11,17-18H,12-16H2,1H3,(H,29,30);2-12,18-19H,13-17H2,1H3,(H,28,29);2-12,17,19H,13-16H2,1H3,(H,27,28);2-8,11-12,16-17H,9-10,13-15H2,1H3,(H,24,25);1-9H. The first-order valence-corrected chi connectivity index (χ1v) is 47.3. The molecule has 5 aromatic heterocycles. The van der Waals surface area contributed by atoms with Crippen molar-refractivity contribution in [1.82, 2.24) is 64.5 Å². The summed E-state index contributed by atoms with van der Waals surface area (Å²) in [5.74, 6) is 8.14. The maximum absolute atomic E-state index is 14.2. The molecule has 0 atom stereocenters. The Morgan fingerprint density at radius 2 is 0.667 bits per heavy atom. The second-order valence-corrected chi connectivity index (χ2v) is 35.2. The van der Waals surface area contributed by atoms with Gasteiger partial charge in [0.15, 0.2) is 6.29 Å². The molecule has 4 saturated heterocycles. The molecule has 4 aliphatic rings. The van der Waals surface area contributed by atoms with Gasteiger partial charge in [-0.2, -0.15) is 0 Å². The number of benzene rings is 12. The van der Waals surface area contributed by atoms with E-state index in [1.54, 1.807) is 76.2 Å². The minimum absolute atomic E-state index is 0.0273. The maximum atomic E-state index is 14.2. The van der Waals surface area contributed by atoms with Crippen LogP contribution in [0.5, 0.6) is 23.0 Å². The Labute approximate surface area is 802 Å². The molecule has 698 valence electrons. The van der Waals surface area contributed by atoms with Gasteiger partial charge in [-0.1, -0.05) is 206 Å². The fourth-order valence-electron chi connectivity index (χ4n) is 18.7. The topological polar surface area (TPSA) is 263 Å². The van der Waals surface area contributed by atoms with Crippen LogP contribution in [0.2, 0.25) is 0 Å². The molecule has 4 N–H and O–H groups in total. The molecule has 0 radical (unpaired) electrons. The average molecular weight is 1840 g/mol. The predicted octanol–water partition coefficient (Wildman–Crippen LogP) is 22.8. The first-order valence-electron chi connectivity index (χ1n) is 47.3. The number of nitrogens with one attached hydrogen (secondary N) is 4. The summed E-state index contributed by atoms with van der Waals surface area (Å²) in [6.07, 6.45) is 16.5. The number of fused-ring (bicyclic) bond motifs is 3. The molecule has 4 fully saturated rings. The van der Waals surface area contributed by atoms with E-state index in [0.717, 1.165) is 204 Å². The SMILES string of the molecule is COc1cc(-c2ccccc2)ccc1C(=O)N1CCC(Cc2nc3ccccc3[nH]2)CC1.COc1cc(-c2ccccc2)ccc1C(=O)N1CCC(Cc2ncc[nH]2)CC1.COc1cc(-c2ccccc2)ccc1C(=O)N1CCC(c2nc3ccccc3[nH]2)CC1.COc1cc(-c2ccccc2F)ccc1C(=O)N1CCC(Cc2nc3ccccc3[nH]2)CC1.O=Cc1ccc(-c2ccccc2)cn1. The third-order valence-corrected chi connectivity index (χ3v) is 26.4. The minimum atomic E-state index is -0.301. The molecule has 4 amide bonds. The Morgan fingerprint density at radius 3 is 1.01 bits per heavy atom. The Morgan fingerprint density at radius 1 is 0.341 bits per heavy atom. The zero-order valence-corrected chi connectivity index (χ0v) is 78.0. The van der Waals surface area contributed by atoms with E-state index < -0.39 is 0 Å². The number of carbonyl (C=O) groups is 5. The lowest BCUT2D eigenvalue weighted by molar-refractivity contribution is 0.0678. The number of aromatic amines is 4. The van der Waals surface area contributed by atoms with E-state index in [1.165, 1.54) is 13.2 Å². The van der Waals surface area contributed by atoms with Gasteiger partial charge in [0.2, 0.25) is 0 Å². The van der Waals surface area contributed by atoms with E-state index in [0.29, 0.717) is 112 Å². The second kappa shape index (κ2) is 45.4. The van der Waals surface area contributed by atoms with Gasteiger partial charge in [-0.15, -0.1) is 0 Å². The van der Waals surface area contributed by atoms with E-state index in [1.807, 2.05) is 232 Å². The number of methoxy groups -OCH3 is 4. The number of rotatable bonds is 21. The third kappa shape index (κ3) is 23.2. The van der Waals surface area contributed by atoms with Crippen LogP contribution >= 0.6 is 0 Å². The van der Waals surface area contributed by atoms with Gasteiger partial charge in [0.25, 0.3) is 23.6 Å². The van der Waals surface area contributed by atoms with Gasteiger partial charge >= 0.3 is 0 Å². The quantitative estimate of drug-likeness (QED) is 0.0488. The Kier molecular flexibility index (Phi) is 30.9. The summed E-state index contributed by atoms with van der Waals surface area (Å²) in [7, 11) is 6.41. The Hall–Kier alpha value is -15.9. The van der Waals surface area contributed by atoms with Gasteiger partial charge in [-0.05, 0) is 211 Å². The number of carbonyl (C=O) groups excluding carboxylic acids is 5. The van der Waals surface area contributed by atoms with Crippen molar-refractivity contribution in [2.24, 2.45) is 17.8 Å². The van der Waals surface area contributed by atoms with Crippen LogP contribution in [0.15, 0.2) is 322 Å². The number of aromatic nitrogens is 9. The van der Waals surface area contributed by atoms with Gasteiger partial charge in [0, 0.05) is 107 Å². The summed E-state index contributed by atoms with van der Waals surface area (Å²) in [4.78, 5) is 107. The summed E-state index contributed by atoms with van der Waals surface area (Å²) in [6, 6.07) is 97.6. The number of hydrogen-bond donors (Lipinski definition) is 4. The molecular formula is C115H112FN13O9. The van der Waals surface area contributed by atoms with Gasteiger partial charge in [0.05, 0.1) is 83.8 Å². The van der Waals surface area contributed by atoms with Crippen LogP contribution in [0.25, 0.3) is 88.7 Å². The lowest BCUT2D eigenvalue weighted by Crippen LogP contribution is -2.39. The van der Waals surface area contributed by atoms with Crippen LogP contribution < -0.4 is 18.9 Å². The monoisotopic (exact) mass is 1840 g/mol. The van der Waals surface area contributed by atoms with Crippen LogP contribution in [-0.2, 0) is 19.3 Å². The van der Waals surface area contributed by atoms with Crippen LogP contribution in [0.1, 0.15) is 133 Å². The number of para-hydroxylation sites is 6. The first-order chi connectivity index (χ1) is 67.7. The highest BCUT2D eigenvalue weighted by Crippen LogP contribution is 2.38. The third-order valence-electron chi connectivity index (χ3n) is 26.4. The molecule has 0 spiro atoms. The smallest absolute Gasteiger partial charge is 0.257 e. The van der Waals surface area contributed by atoms with Crippen molar-refractivity contribution < 1.29 is 47.3 Å². The Balaban J connectivity index is 0.000000122. The highest BCUT2D eigenvalue weighted by molar-refractivity contribution is 6.00. The largest absolute Gasteiger partial charge is 0.496 e. The number of pyridine rings is 1. The van der Waals surface area contributed by atoms with Crippen molar-refractivity contribution in [2.75, 3.05) is 80.8 Å². The van der Waals surface area contributed by atoms with Crippen molar-refractivity contribution >= 4 is 63.0 Å². The van der Waals surface area contributed by atoms with Crippen molar-refractivity contribution in [1.29, 1.82) is 0 Å². The van der Waals surface area contributed by atoms with E-state index in [9.17, 15) is 28.4 Å². The molecule has 0 saturated carbocycles. The molecule has 12 aromatic carbocycles. The summed E-state index contributed by atoms with van der Waals surface area (Å²) >= 11 is 0. The number of halogens is 1. The molecule has 138 heavy (non-hydrogen) atoms. The van der Waals surface area contributed by atoms with E-state index in [-0.39, 0.29) is 29.4 Å². The van der Waals surface area contributed by atoms with Crippen molar-refractivity contribution in [3.63, 3.8) is 0 Å². The minimum Gasteiger partial charge on any atom is -0.496 e. The number of amides is 4. The normalized spacial score (nSPS) is 14.2. The summed E-state index contributed by atoms with van der Waals surface area (Å²) < 4.78 is 36.4. The molecule has 17 aromatic rings. The van der Waals surface area contributed by atoms with Gasteiger partial charge < -0.3 is 58.5 Å². The van der Waals surface area contributed by atoms with E-state index >= 15 is 0 Å². The summed E-state index contributed by atoms with van der Waals surface area (Å²) in [6.45, 7) is 5.88. The lowest BCUT2D eigenvalue weighted by Gasteiger charge is -2.32. The van der Waals surface area contributed by atoms with Crippen molar-refractivity contribution in [3.8, 4) is 78.6 Å². The molecule has 22 nitrogen and oxygen atoms in total. The molecule has 21 rings (SSSR count). The Bertz CT molecular complexity index is 6850. The molecule has 23 heteroatoms.